The van der Waals surface area contributed by atoms with Crippen molar-refractivity contribution in [3.63, 3.8) is 0 Å². The lowest BCUT2D eigenvalue weighted by Crippen LogP contribution is -2.33. The second-order valence-electron chi connectivity index (χ2n) is 8.03. The summed E-state index contributed by atoms with van der Waals surface area (Å²) >= 11 is 1.43. The molecule has 0 spiro atoms. The highest BCUT2D eigenvalue weighted by Crippen LogP contribution is 2.29. The first-order valence-electron chi connectivity index (χ1n) is 11.5. The average Bonchev–Trinajstić information content (AvgIpc) is 3.49. The number of amides is 1. The number of thioether (sulfide) groups is 1. The molecule has 0 bridgehead atoms. The van der Waals surface area contributed by atoms with E-state index in [1.807, 2.05) is 34.9 Å². The maximum Gasteiger partial charge on any atom is 0.230 e. The Kier molecular flexibility index (Phi) is 7.47. The summed E-state index contributed by atoms with van der Waals surface area (Å²) in [6.07, 6.45) is 4.59. The van der Waals surface area contributed by atoms with E-state index in [9.17, 15) is 4.79 Å². The van der Waals surface area contributed by atoms with Crippen molar-refractivity contribution in [2.45, 2.75) is 50.7 Å². The molecule has 32 heavy (non-hydrogen) atoms. The van der Waals surface area contributed by atoms with Gasteiger partial charge in [0.05, 0.1) is 5.75 Å². The lowest BCUT2D eigenvalue weighted by molar-refractivity contribution is -0.119. The van der Waals surface area contributed by atoms with Crippen molar-refractivity contribution in [2.75, 3.05) is 23.7 Å². The number of hydrogen-bond donors (Lipinski definition) is 1. The third-order valence-corrected chi connectivity index (χ3v) is 6.88. The molecule has 0 aliphatic heterocycles. The topological polar surface area (TPSA) is 63.1 Å². The molecule has 6 nitrogen and oxygen atoms in total. The summed E-state index contributed by atoms with van der Waals surface area (Å²) in [5, 5.41) is 12.8. The van der Waals surface area contributed by atoms with Crippen LogP contribution in [0.15, 0.2) is 59.8 Å². The summed E-state index contributed by atoms with van der Waals surface area (Å²) in [6.45, 7) is 6.27. The highest BCUT2D eigenvalue weighted by atomic mass is 32.2. The number of para-hydroxylation sites is 1. The van der Waals surface area contributed by atoms with Crippen molar-refractivity contribution in [1.82, 2.24) is 20.1 Å². The molecule has 1 fully saturated rings. The van der Waals surface area contributed by atoms with E-state index in [-0.39, 0.29) is 5.91 Å². The lowest BCUT2D eigenvalue weighted by Gasteiger charge is -2.21. The quantitative estimate of drug-likeness (QED) is 0.469. The normalized spacial score (nSPS) is 13.9. The molecule has 1 aliphatic carbocycles. The van der Waals surface area contributed by atoms with Gasteiger partial charge >= 0.3 is 0 Å². The van der Waals surface area contributed by atoms with Crippen LogP contribution in [0.3, 0.4) is 0 Å². The van der Waals surface area contributed by atoms with Crippen LogP contribution in [-0.4, -0.2) is 45.6 Å². The second-order valence-corrected chi connectivity index (χ2v) is 8.98. The highest BCUT2D eigenvalue weighted by Gasteiger charge is 2.20. The molecule has 168 valence electrons. The molecule has 1 amide bonds. The molecule has 0 saturated heterocycles. The molecule has 1 aliphatic rings. The maximum absolute atomic E-state index is 12.5. The van der Waals surface area contributed by atoms with Crippen LogP contribution in [0.2, 0.25) is 0 Å². The summed E-state index contributed by atoms with van der Waals surface area (Å²) in [6, 6.07) is 18.9. The first-order chi connectivity index (χ1) is 15.7. The summed E-state index contributed by atoms with van der Waals surface area (Å²) in [4.78, 5) is 14.8. The summed E-state index contributed by atoms with van der Waals surface area (Å²) in [5.41, 5.74) is 3.18. The van der Waals surface area contributed by atoms with Crippen LogP contribution in [0, 0.1) is 0 Å². The van der Waals surface area contributed by atoms with Crippen LogP contribution in [0.1, 0.15) is 39.5 Å². The summed E-state index contributed by atoms with van der Waals surface area (Å²) < 4.78 is 2.04. The summed E-state index contributed by atoms with van der Waals surface area (Å²) in [5.74, 6) is 1.18. The molecule has 0 atom stereocenters. The molecular weight excluding hydrogens is 418 g/mol. The van der Waals surface area contributed by atoms with Crippen LogP contribution >= 0.6 is 11.8 Å². The third kappa shape index (κ3) is 5.15. The fourth-order valence-electron chi connectivity index (χ4n) is 4.24. The monoisotopic (exact) mass is 449 g/mol. The van der Waals surface area contributed by atoms with Gasteiger partial charge in [0.15, 0.2) is 11.0 Å². The van der Waals surface area contributed by atoms with Crippen LogP contribution in [0.25, 0.3) is 17.1 Å². The van der Waals surface area contributed by atoms with E-state index in [0.29, 0.717) is 11.8 Å². The fourth-order valence-corrected chi connectivity index (χ4v) is 5.00. The first kappa shape index (κ1) is 22.4. The molecule has 0 radical (unpaired) electrons. The number of rotatable bonds is 9. The van der Waals surface area contributed by atoms with E-state index < -0.39 is 0 Å². The number of nitrogens with one attached hydrogen (secondary N) is 1. The van der Waals surface area contributed by atoms with Gasteiger partial charge in [-0.2, -0.15) is 0 Å². The van der Waals surface area contributed by atoms with E-state index in [1.54, 1.807) is 0 Å². The smallest absolute Gasteiger partial charge is 0.230 e. The SMILES string of the molecule is CCN(CC)c1ccc(-c2nnc(SCC(=O)NC3CCCC3)n2-c2ccccc2)cc1. The Balaban J connectivity index is 1.58. The fraction of sp³-hybridized carbons (Fsp3) is 0.400. The third-order valence-electron chi connectivity index (χ3n) is 5.95. The van der Waals surface area contributed by atoms with Crippen LogP contribution in [0.4, 0.5) is 5.69 Å². The zero-order chi connectivity index (χ0) is 22.3. The Morgan fingerprint density at radius 1 is 1.03 bits per heavy atom. The lowest BCUT2D eigenvalue weighted by atomic mass is 10.1. The van der Waals surface area contributed by atoms with Gasteiger partial charge in [-0.1, -0.05) is 42.8 Å². The summed E-state index contributed by atoms with van der Waals surface area (Å²) in [7, 11) is 0. The number of benzene rings is 2. The molecule has 4 rings (SSSR count). The molecule has 7 heteroatoms. The molecule has 0 unspecified atom stereocenters. The van der Waals surface area contributed by atoms with Gasteiger partial charge in [0.25, 0.3) is 0 Å². The number of nitrogens with zero attached hydrogens (tertiary/aromatic N) is 4. The van der Waals surface area contributed by atoms with Gasteiger partial charge in [0.1, 0.15) is 0 Å². The van der Waals surface area contributed by atoms with E-state index in [1.165, 1.54) is 30.3 Å². The molecule has 1 saturated carbocycles. The highest BCUT2D eigenvalue weighted by molar-refractivity contribution is 7.99. The Morgan fingerprint density at radius 2 is 1.72 bits per heavy atom. The molecule has 2 aromatic carbocycles. The van der Waals surface area contributed by atoms with Crippen LogP contribution in [0.5, 0.6) is 0 Å². The van der Waals surface area contributed by atoms with Crippen LogP contribution in [-0.2, 0) is 4.79 Å². The van der Waals surface area contributed by atoms with Gasteiger partial charge in [-0.05, 0) is 63.1 Å². The first-order valence-corrected chi connectivity index (χ1v) is 12.5. The van der Waals surface area contributed by atoms with Gasteiger partial charge in [-0.25, -0.2) is 0 Å². The van der Waals surface area contributed by atoms with Crippen molar-refractivity contribution < 1.29 is 4.79 Å². The van der Waals surface area contributed by atoms with E-state index in [0.717, 1.165) is 48.2 Å². The number of hydrogen-bond acceptors (Lipinski definition) is 5. The number of carbonyl (C=O) groups excluding carboxylic acids is 1. The second kappa shape index (κ2) is 10.7. The van der Waals surface area contributed by atoms with Crippen molar-refractivity contribution in [1.29, 1.82) is 0 Å². The molecule has 1 heterocycles. The predicted molar refractivity (Wildman–Crippen MR) is 131 cm³/mol. The predicted octanol–water partition coefficient (Wildman–Crippen LogP) is 4.93. The minimum atomic E-state index is 0.0645. The molecule has 1 aromatic heterocycles. The van der Waals surface area contributed by atoms with E-state index in [2.05, 4.69) is 58.5 Å². The Hall–Kier alpha value is -2.80. The largest absolute Gasteiger partial charge is 0.372 e. The zero-order valence-electron chi connectivity index (χ0n) is 18.8. The van der Waals surface area contributed by atoms with Crippen molar-refractivity contribution in [2.24, 2.45) is 0 Å². The number of anilines is 1. The Labute approximate surface area is 194 Å². The molecule has 1 N–H and O–H groups in total. The maximum atomic E-state index is 12.5. The average molecular weight is 450 g/mol. The standard InChI is InChI=1S/C25H31N5OS/c1-3-29(4-2)21-16-14-19(15-17-21)24-27-28-25(30(24)22-12-6-5-7-13-22)32-18-23(31)26-20-10-8-9-11-20/h5-7,12-17,20H,3-4,8-11,18H2,1-2H3,(H,26,31). The minimum absolute atomic E-state index is 0.0645. The van der Waals surface area contributed by atoms with Crippen molar-refractivity contribution >= 4 is 23.4 Å². The van der Waals surface area contributed by atoms with Crippen molar-refractivity contribution in [3.05, 3.63) is 54.6 Å². The Bertz CT molecular complexity index is 1010. The number of aromatic nitrogens is 3. The van der Waals surface area contributed by atoms with Crippen LogP contribution < -0.4 is 10.2 Å². The number of carbonyl (C=O) groups is 1. The van der Waals surface area contributed by atoms with Gasteiger partial charge in [0.2, 0.25) is 5.91 Å². The van der Waals surface area contributed by atoms with Gasteiger partial charge in [-0.15, -0.1) is 10.2 Å². The molecule has 3 aromatic rings. The molecular formula is C25H31N5OS. The Morgan fingerprint density at radius 3 is 2.38 bits per heavy atom. The zero-order valence-corrected chi connectivity index (χ0v) is 19.6. The van der Waals surface area contributed by atoms with Crippen molar-refractivity contribution in [3.8, 4) is 17.1 Å². The van der Waals surface area contributed by atoms with E-state index >= 15 is 0 Å². The van der Waals surface area contributed by atoms with Gasteiger partial charge in [-0.3, -0.25) is 9.36 Å². The minimum Gasteiger partial charge on any atom is -0.372 e. The van der Waals surface area contributed by atoms with Gasteiger partial charge in [0, 0.05) is 36.1 Å². The van der Waals surface area contributed by atoms with Gasteiger partial charge < -0.3 is 10.2 Å². The van der Waals surface area contributed by atoms with E-state index in [4.69, 9.17) is 0 Å².